The smallest absolute Gasteiger partial charge is 0.123 e. The van der Waals surface area contributed by atoms with E-state index < -0.39 is 0 Å². The maximum Gasteiger partial charge on any atom is 0.123 e. The first-order valence-electron chi connectivity index (χ1n) is 7.48. The van der Waals surface area contributed by atoms with Crippen molar-refractivity contribution in [2.24, 2.45) is 35.4 Å². The van der Waals surface area contributed by atoms with Crippen molar-refractivity contribution >= 4 is 0 Å². The van der Waals surface area contributed by atoms with E-state index in [1.807, 2.05) is 12.1 Å². The highest BCUT2D eigenvalue weighted by Gasteiger charge is 2.66. The number of benzene rings is 1. The van der Waals surface area contributed by atoms with Gasteiger partial charge in [0.2, 0.25) is 0 Å². The molecule has 5 atom stereocenters. The second-order valence-corrected chi connectivity index (χ2v) is 6.67. The zero-order chi connectivity index (χ0) is 13.0. The molecule has 0 aromatic heterocycles. The van der Waals surface area contributed by atoms with E-state index in [0.29, 0.717) is 6.04 Å². The van der Waals surface area contributed by atoms with E-state index in [4.69, 9.17) is 5.84 Å². The van der Waals surface area contributed by atoms with Crippen molar-refractivity contribution in [1.29, 1.82) is 0 Å². The minimum atomic E-state index is -0.164. The highest BCUT2D eigenvalue weighted by atomic mass is 19.1. The first-order valence-corrected chi connectivity index (χ1v) is 7.48. The van der Waals surface area contributed by atoms with Crippen molar-refractivity contribution in [1.82, 2.24) is 5.43 Å². The first kappa shape index (κ1) is 11.9. The first-order chi connectivity index (χ1) is 9.28. The van der Waals surface area contributed by atoms with Gasteiger partial charge in [0.25, 0.3) is 0 Å². The highest BCUT2D eigenvalue weighted by Crippen LogP contribution is 2.70. The monoisotopic (exact) mass is 260 g/mol. The molecule has 3 aliphatic rings. The molecule has 0 spiro atoms. The number of hydrogen-bond acceptors (Lipinski definition) is 2. The average molecular weight is 260 g/mol. The molecule has 2 nitrogen and oxygen atoms in total. The van der Waals surface area contributed by atoms with E-state index in [1.165, 1.54) is 24.8 Å². The maximum atomic E-state index is 12.9. The van der Waals surface area contributed by atoms with Crippen LogP contribution in [0.5, 0.6) is 0 Å². The minimum absolute atomic E-state index is 0.164. The summed E-state index contributed by atoms with van der Waals surface area (Å²) in [6, 6.07) is 7.21. The normalized spacial score (nSPS) is 40.2. The topological polar surface area (TPSA) is 38.0 Å². The Hall–Kier alpha value is -0.930. The lowest BCUT2D eigenvalue weighted by atomic mass is 9.94. The molecule has 1 aromatic carbocycles. The fourth-order valence-electron chi connectivity index (χ4n) is 5.11. The van der Waals surface area contributed by atoms with Crippen LogP contribution in [0.2, 0.25) is 0 Å². The number of hydrazine groups is 1. The van der Waals surface area contributed by atoms with E-state index in [9.17, 15) is 4.39 Å². The van der Waals surface area contributed by atoms with Crippen molar-refractivity contribution in [2.75, 3.05) is 0 Å². The lowest BCUT2D eigenvalue weighted by Gasteiger charge is -2.19. The summed E-state index contributed by atoms with van der Waals surface area (Å²) in [7, 11) is 0. The Morgan fingerprint density at radius 1 is 1.16 bits per heavy atom. The molecule has 0 aliphatic heterocycles. The van der Waals surface area contributed by atoms with E-state index >= 15 is 0 Å². The fraction of sp³-hybridized carbons (Fsp3) is 0.625. The molecule has 3 N–H and O–H groups in total. The van der Waals surface area contributed by atoms with E-state index in [2.05, 4.69) is 5.43 Å². The standard InChI is InChI=1S/C16H21FN2/c17-12-5-1-9(2-6-12)7-13(19-18)16-14-10-3-4-11(8-10)15(14)16/h1-2,5-6,10-11,13-16,19H,3-4,7-8,18H2. The summed E-state index contributed by atoms with van der Waals surface area (Å²) in [6.07, 6.45) is 5.28. The molecular weight excluding hydrogens is 239 g/mol. The van der Waals surface area contributed by atoms with Crippen LogP contribution in [0.15, 0.2) is 24.3 Å². The number of nitrogens with one attached hydrogen (secondary N) is 1. The van der Waals surface area contributed by atoms with E-state index in [1.54, 1.807) is 12.1 Å². The summed E-state index contributed by atoms with van der Waals surface area (Å²) in [5, 5.41) is 0. The molecule has 1 aromatic rings. The third-order valence-corrected chi connectivity index (χ3v) is 5.84. The maximum absolute atomic E-state index is 12.9. The molecule has 0 amide bonds. The van der Waals surface area contributed by atoms with Gasteiger partial charge in [0.1, 0.15) is 5.82 Å². The van der Waals surface area contributed by atoms with Gasteiger partial charge in [0.15, 0.2) is 0 Å². The van der Waals surface area contributed by atoms with Crippen molar-refractivity contribution in [3.8, 4) is 0 Å². The largest absolute Gasteiger partial charge is 0.271 e. The second kappa shape index (κ2) is 4.29. The van der Waals surface area contributed by atoms with E-state index in [0.717, 1.165) is 36.0 Å². The van der Waals surface area contributed by atoms with Gasteiger partial charge in [0, 0.05) is 6.04 Å². The number of halogens is 1. The van der Waals surface area contributed by atoms with Crippen molar-refractivity contribution < 1.29 is 4.39 Å². The Bertz CT molecular complexity index is 456. The summed E-state index contributed by atoms with van der Waals surface area (Å²) in [5.74, 6) is 10.2. The molecule has 0 saturated heterocycles. The van der Waals surface area contributed by atoms with Gasteiger partial charge in [-0.3, -0.25) is 11.3 Å². The SMILES string of the molecule is NNC(Cc1ccc(F)cc1)C1C2C3CCC(C3)C21. The predicted molar refractivity (Wildman–Crippen MR) is 72.5 cm³/mol. The summed E-state index contributed by atoms with van der Waals surface area (Å²) in [5.41, 5.74) is 4.21. The van der Waals surface area contributed by atoms with Crippen molar-refractivity contribution in [3.63, 3.8) is 0 Å². The van der Waals surface area contributed by atoms with E-state index in [-0.39, 0.29) is 5.82 Å². The van der Waals surface area contributed by atoms with Gasteiger partial charge in [-0.25, -0.2) is 4.39 Å². The fourth-order valence-corrected chi connectivity index (χ4v) is 5.11. The summed E-state index contributed by atoms with van der Waals surface area (Å²) >= 11 is 0. The van der Waals surface area contributed by atoms with Crippen LogP contribution in [0, 0.1) is 35.4 Å². The Kier molecular flexibility index (Phi) is 2.68. The Morgan fingerprint density at radius 3 is 2.37 bits per heavy atom. The second-order valence-electron chi connectivity index (χ2n) is 6.67. The molecule has 102 valence electrons. The zero-order valence-corrected chi connectivity index (χ0v) is 11.1. The summed E-state index contributed by atoms with van der Waals surface area (Å²) in [6.45, 7) is 0. The van der Waals surface area contributed by atoms with Crippen LogP contribution in [0.25, 0.3) is 0 Å². The van der Waals surface area contributed by atoms with Crippen LogP contribution in [0.3, 0.4) is 0 Å². The van der Waals surface area contributed by atoms with Crippen molar-refractivity contribution in [2.45, 2.75) is 31.7 Å². The Morgan fingerprint density at radius 2 is 1.79 bits per heavy atom. The van der Waals surface area contributed by atoms with Crippen LogP contribution in [0.4, 0.5) is 4.39 Å². The molecule has 2 bridgehead atoms. The van der Waals surface area contributed by atoms with Gasteiger partial charge in [-0.1, -0.05) is 12.1 Å². The number of rotatable bonds is 4. The van der Waals surface area contributed by atoms with Gasteiger partial charge in [-0.2, -0.15) is 0 Å². The van der Waals surface area contributed by atoms with Crippen molar-refractivity contribution in [3.05, 3.63) is 35.6 Å². The highest BCUT2D eigenvalue weighted by molar-refractivity contribution is 5.21. The Balaban J connectivity index is 1.46. The molecule has 0 heterocycles. The van der Waals surface area contributed by atoms with Gasteiger partial charge < -0.3 is 0 Å². The number of hydrogen-bond donors (Lipinski definition) is 2. The van der Waals surface area contributed by atoms with Gasteiger partial charge in [-0.05, 0) is 73.0 Å². The van der Waals surface area contributed by atoms with Crippen LogP contribution in [0.1, 0.15) is 24.8 Å². The number of fused-ring (bicyclic) bond motifs is 5. The molecule has 19 heavy (non-hydrogen) atoms. The molecule has 0 radical (unpaired) electrons. The molecular formula is C16H21FN2. The quantitative estimate of drug-likeness (QED) is 0.645. The lowest BCUT2D eigenvalue weighted by Crippen LogP contribution is -2.40. The average Bonchev–Trinajstić information content (AvgIpc) is 2.86. The molecule has 5 unspecified atom stereocenters. The summed E-state index contributed by atoms with van der Waals surface area (Å²) in [4.78, 5) is 0. The van der Waals surface area contributed by atoms with Gasteiger partial charge >= 0.3 is 0 Å². The minimum Gasteiger partial charge on any atom is -0.271 e. The van der Waals surface area contributed by atoms with Gasteiger partial charge in [0.05, 0.1) is 0 Å². The molecule has 4 rings (SSSR count). The number of nitrogens with two attached hydrogens (primary N) is 1. The Labute approximate surface area is 113 Å². The zero-order valence-electron chi connectivity index (χ0n) is 11.1. The third-order valence-electron chi connectivity index (χ3n) is 5.84. The van der Waals surface area contributed by atoms with Crippen LogP contribution in [-0.2, 0) is 6.42 Å². The lowest BCUT2D eigenvalue weighted by molar-refractivity contribution is 0.365. The van der Waals surface area contributed by atoms with Gasteiger partial charge in [-0.15, -0.1) is 0 Å². The molecule has 3 saturated carbocycles. The third kappa shape index (κ3) is 1.83. The van der Waals surface area contributed by atoms with Crippen LogP contribution in [-0.4, -0.2) is 6.04 Å². The predicted octanol–water partition coefficient (Wildman–Crippen LogP) is 2.49. The molecule has 3 heteroatoms. The van der Waals surface area contributed by atoms with Crippen LogP contribution >= 0.6 is 0 Å². The summed E-state index contributed by atoms with van der Waals surface area (Å²) < 4.78 is 12.9. The molecule has 3 fully saturated rings. The molecule has 3 aliphatic carbocycles. The van der Waals surface area contributed by atoms with Crippen LogP contribution < -0.4 is 11.3 Å².